The minimum absolute atomic E-state index is 0.125. The molecule has 6 nitrogen and oxygen atoms in total. The second kappa shape index (κ2) is 9.17. The van der Waals surface area contributed by atoms with Gasteiger partial charge in [0.15, 0.2) is 0 Å². The summed E-state index contributed by atoms with van der Waals surface area (Å²) in [6, 6.07) is 0. The second-order valence-corrected chi connectivity index (χ2v) is 2.47. The Kier molecular flexibility index (Phi) is 8.31. The van der Waals surface area contributed by atoms with Gasteiger partial charge in [0.05, 0.1) is 26.4 Å². The fraction of sp³-hybridized carbons (Fsp3) is 0.556. The predicted octanol–water partition coefficient (Wildman–Crippen LogP) is -0.996. The molecule has 0 aromatic carbocycles. The van der Waals surface area contributed by atoms with E-state index in [1.165, 1.54) is 0 Å². The molecule has 0 aromatic heterocycles. The number of carbonyl (C=O) groups is 2. The van der Waals surface area contributed by atoms with Crippen molar-refractivity contribution in [1.29, 1.82) is 0 Å². The number of carbonyl (C=O) groups excluding carboxylic acids is 2. The van der Waals surface area contributed by atoms with Gasteiger partial charge in [0, 0.05) is 18.6 Å². The van der Waals surface area contributed by atoms with E-state index in [1.54, 1.807) is 0 Å². The van der Waals surface area contributed by atoms with E-state index in [1.807, 2.05) is 0 Å². The molecule has 0 spiro atoms. The van der Waals surface area contributed by atoms with Crippen LogP contribution in [0.3, 0.4) is 0 Å². The van der Waals surface area contributed by atoms with Crippen molar-refractivity contribution in [3.8, 4) is 0 Å². The van der Waals surface area contributed by atoms with Crippen molar-refractivity contribution in [2.24, 2.45) is 0 Å². The molecule has 0 bridgehead atoms. The summed E-state index contributed by atoms with van der Waals surface area (Å²) < 4.78 is 9.31. The molecule has 0 amide bonds. The van der Waals surface area contributed by atoms with Crippen LogP contribution < -0.4 is 0 Å². The molecule has 0 atom stereocenters. The molecule has 0 radical (unpaired) electrons. The highest BCUT2D eigenvalue weighted by atomic mass is 16.5. The maximum Gasteiger partial charge on any atom is 0.331 e. The third-order valence-corrected chi connectivity index (χ3v) is 1.23. The van der Waals surface area contributed by atoms with Gasteiger partial charge < -0.3 is 19.7 Å². The Labute approximate surface area is 87.1 Å². The van der Waals surface area contributed by atoms with Crippen LogP contribution >= 0.6 is 0 Å². The SMILES string of the molecule is O=C1C=CC(=O)OCCCO1.OCCO. The summed E-state index contributed by atoms with van der Waals surface area (Å²) in [5.41, 5.74) is 0. The third kappa shape index (κ3) is 8.92. The van der Waals surface area contributed by atoms with Crippen molar-refractivity contribution in [3.05, 3.63) is 12.2 Å². The first-order valence-corrected chi connectivity index (χ1v) is 4.44. The monoisotopic (exact) mass is 218 g/mol. The molecule has 0 unspecified atom stereocenters. The van der Waals surface area contributed by atoms with Crippen LogP contribution in [0.25, 0.3) is 0 Å². The molecule has 0 saturated heterocycles. The van der Waals surface area contributed by atoms with Gasteiger partial charge in [0.25, 0.3) is 0 Å². The van der Waals surface area contributed by atoms with Crippen LogP contribution in [0.5, 0.6) is 0 Å². The molecular weight excluding hydrogens is 204 g/mol. The highest BCUT2D eigenvalue weighted by Crippen LogP contribution is 1.93. The summed E-state index contributed by atoms with van der Waals surface area (Å²) in [5, 5.41) is 15.2. The standard InChI is InChI=1S/C7H8O4.C2H6O2/c8-6-2-3-7(9)11-5-1-4-10-6;3-1-2-4/h2-3H,1,4-5H2;3-4H,1-2H2. The largest absolute Gasteiger partial charge is 0.462 e. The molecule has 15 heavy (non-hydrogen) atoms. The number of aliphatic hydroxyl groups is 2. The van der Waals surface area contributed by atoms with Gasteiger partial charge in [-0.3, -0.25) is 0 Å². The van der Waals surface area contributed by atoms with Crippen LogP contribution in [0.2, 0.25) is 0 Å². The number of rotatable bonds is 1. The van der Waals surface area contributed by atoms with Crippen molar-refractivity contribution in [2.45, 2.75) is 6.42 Å². The summed E-state index contributed by atoms with van der Waals surface area (Å²) in [7, 11) is 0. The number of aliphatic hydroxyl groups excluding tert-OH is 2. The molecule has 6 heteroatoms. The fourth-order valence-electron chi connectivity index (χ4n) is 0.637. The second-order valence-electron chi connectivity index (χ2n) is 2.47. The van der Waals surface area contributed by atoms with E-state index < -0.39 is 11.9 Å². The van der Waals surface area contributed by atoms with Gasteiger partial charge in [0.2, 0.25) is 0 Å². The third-order valence-electron chi connectivity index (χ3n) is 1.23. The normalized spacial score (nSPS) is 16.1. The van der Waals surface area contributed by atoms with Crippen LogP contribution in [0, 0.1) is 0 Å². The zero-order valence-corrected chi connectivity index (χ0v) is 8.22. The van der Waals surface area contributed by atoms with Gasteiger partial charge >= 0.3 is 11.9 Å². The summed E-state index contributed by atoms with van der Waals surface area (Å²) in [6.45, 7) is 0.354. The van der Waals surface area contributed by atoms with E-state index in [9.17, 15) is 9.59 Å². The van der Waals surface area contributed by atoms with Crippen LogP contribution in [0.4, 0.5) is 0 Å². The molecule has 0 aromatic rings. The maximum absolute atomic E-state index is 10.6. The van der Waals surface area contributed by atoms with E-state index in [4.69, 9.17) is 10.2 Å². The van der Waals surface area contributed by atoms with Crippen molar-refractivity contribution >= 4 is 11.9 Å². The predicted molar refractivity (Wildman–Crippen MR) is 49.8 cm³/mol. The number of hydrogen-bond acceptors (Lipinski definition) is 6. The molecule has 0 saturated carbocycles. The quantitative estimate of drug-likeness (QED) is 0.548. The van der Waals surface area contributed by atoms with Gasteiger partial charge in [-0.05, 0) is 0 Å². The highest BCUT2D eigenvalue weighted by molar-refractivity contribution is 5.91. The summed E-state index contributed by atoms with van der Waals surface area (Å²) in [4.78, 5) is 21.2. The van der Waals surface area contributed by atoms with E-state index >= 15 is 0 Å². The van der Waals surface area contributed by atoms with Crippen LogP contribution in [-0.4, -0.2) is 48.6 Å². The van der Waals surface area contributed by atoms with Gasteiger partial charge in [-0.1, -0.05) is 0 Å². The molecule has 2 N–H and O–H groups in total. The van der Waals surface area contributed by atoms with Gasteiger partial charge in [-0.25, -0.2) is 9.59 Å². The average Bonchev–Trinajstić information content (AvgIpc) is 2.33. The van der Waals surface area contributed by atoms with Crippen LogP contribution in [-0.2, 0) is 19.1 Å². The molecule has 0 aliphatic carbocycles. The molecule has 1 rings (SSSR count). The Morgan fingerprint density at radius 2 is 1.40 bits per heavy atom. The Hall–Kier alpha value is -1.40. The van der Waals surface area contributed by atoms with E-state index in [2.05, 4.69) is 9.47 Å². The van der Waals surface area contributed by atoms with Crippen molar-refractivity contribution < 1.29 is 29.3 Å². The Bertz CT molecular complexity index is 201. The zero-order valence-electron chi connectivity index (χ0n) is 8.22. The number of esters is 2. The molecule has 86 valence electrons. The summed E-state index contributed by atoms with van der Waals surface area (Å²) in [6.07, 6.45) is 2.68. The molecular formula is C9H14O6. The smallest absolute Gasteiger partial charge is 0.331 e. The summed E-state index contributed by atoms with van der Waals surface area (Å²) >= 11 is 0. The van der Waals surface area contributed by atoms with E-state index in [0.29, 0.717) is 19.6 Å². The van der Waals surface area contributed by atoms with Crippen molar-refractivity contribution in [2.75, 3.05) is 26.4 Å². The Balaban J connectivity index is 0.000000423. The minimum atomic E-state index is -0.496. The van der Waals surface area contributed by atoms with Crippen LogP contribution in [0.1, 0.15) is 6.42 Å². The van der Waals surface area contributed by atoms with Gasteiger partial charge in [-0.15, -0.1) is 0 Å². The van der Waals surface area contributed by atoms with Gasteiger partial charge in [0.1, 0.15) is 0 Å². The number of ether oxygens (including phenoxy) is 2. The molecule has 0 fully saturated rings. The molecule has 1 aliphatic heterocycles. The number of hydrogen-bond donors (Lipinski definition) is 2. The lowest BCUT2D eigenvalue weighted by molar-refractivity contribution is -0.138. The average molecular weight is 218 g/mol. The first-order valence-electron chi connectivity index (χ1n) is 4.44. The Morgan fingerprint density at radius 3 is 1.73 bits per heavy atom. The fourth-order valence-corrected chi connectivity index (χ4v) is 0.637. The lowest BCUT2D eigenvalue weighted by Crippen LogP contribution is -2.03. The molecule has 1 aliphatic rings. The topological polar surface area (TPSA) is 93.1 Å². The first-order chi connectivity index (χ1) is 7.20. The van der Waals surface area contributed by atoms with E-state index in [0.717, 1.165) is 12.2 Å². The van der Waals surface area contributed by atoms with Crippen molar-refractivity contribution in [3.63, 3.8) is 0 Å². The lowest BCUT2D eigenvalue weighted by Gasteiger charge is -1.99. The number of cyclic esters (lactones) is 2. The van der Waals surface area contributed by atoms with E-state index in [-0.39, 0.29) is 13.2 Å². The molecule has 1 heterocycles. The summed E-state index contributed by atoms with van der Waals surface area (Å²) in [5.74, 6) is -0.993. The first kappa shape index (κ1) is 13.6. The highest BCUT2D eigenvalue weighted by Gasteiger charge is 2.03. The zero-order chi connectivity index (χ0) is 11.5. The minimum Gasteiger partial charge on any atom is -0.462 e. The Morgan fingerprint density at radius 1 is 1.00 bits per heavy atom. The van der Waals surface area contributed by atoms with Gasteiger partial charge in [-0.2, -0.15) is 0 Å². The lowest BCUT2D eigenvalue weighted by atomic mass is 10.5. The van der Waals surface area contributed by atoms with Crippen LogP contribution in [0.15, 0.2) is 12.2 Å². The van der Waals surface area contributed by atoms with Crippen molar-refractivity contribution in [1.82, 2.24) is 0 Å². The maximum atomic E-state index is 10.6.